The van der Waals surface area contributed by atoms with Crippen molar-refractivity contribution in [3.05, 3.63) is 0 Å². The van der Waals surface area contributed by atoms with Gasteiger partial charge in [0.15, 0.2) is 12.2 Å². The van der Waals surface area contributed by atoms with Gasteiger partial charge in [0.1, 0.15) is 6.10 Å². The first kappa shape index (κ1) is 22.9. The summed E-state index contributed by atoms with van der Waals surface area (Å²) >= 11 is 0. The Kier molecular flexibility index (Phi) is 9.77. The van der Waals surface area contributed by atoms with Crippen LogP contribution in [-0.2, 0) is 38.1 Å². The van der Waals surface area contributed by atoms with Crippen molar-refractivity contribution in [2.45, 2.75) is 90.3 Å². The van der Waals surface area contributed by atoms with Crippen LogP contribution in [0.4, 0.5) is 0 Å². The van der Waals surface area contributed by atoms with Gasteiger partial charge in [0, 0.05) is 19.3 Å². The average molecular weight is 388 g/mol. The van der Waals surface area contributed by atoms with Crippen molar-refractivity contribution in [1.29, 1.82) is 0 Å². The Morgan fingerprint density at radius 1 is 0.852 bits per heavy atom. The predicted octanol–water partition coefficient (Wildman–Crippen LogP) is 1.95. The molecule has 1 fully saturated rings. The van der Waals surface area contributed by atoms with Gasteiger partial charge in [-0.15, -0.1) is 0 Å². The molecule has 9 nitrogen and oxygen atoms in total. The molecular formula is C18H28O9. The van der Waals surface area contributed by atoms with Gasteiger partial charge in [-0.3, -0.25) is 14.4 Å². The van der Waals surface area contributed by atoms with Crippen LogP contribution >= 0.6 is 0 Å². The van der Waals surface area contributed by atoms with E-state index in [1.807, 2.05) is 0 Å². The van der Waals surface area contributed by atoms with E-state index >= 15 is 0 Å². The van der Waals surface area contributed by atoms with Gasteiger partial charge in [-0.25, -0.2) is 4.79 Å². The molecule has 0 unspecified atom stereocenters. The maximum atomic E-state index is 11.9. The number of carbonyl (C=O) groups is 4. The molecule has 0 saturated carbocycles. The van der Waals surface area contributed by atoms with Crippen LogP contribution < -0.4 is 0 Å². The summed E-state index contributed by atoms with van der Waals surface area (Å²) in [5, 5.41) is 9.46. The summed E-state index contributed by atoms with van der Waals surface area (Å²) in [6, 6.07) is 0. The zero-order chi connectivity index (χ0) is 20.4. The maximum Gasteiger partial charge on any atom is 0.337 e. The standard InChI is InChI=1S/C18H28O9/c1-4-7-12(19)24-11-10-15(25-13(20)8-5-2)27-17(18(22)23)16(11)26-14(21)9-6-3/h11,15-17H,4-10H2,1-3H3,(H,22,23)/t11-,15-,16+,17+/m1/s1. The molecule has 27 heavy (non-hydrogen) atoms. The summed E-state index contributed by atoms with van der Waals surface area (Å²) in [4.78, 5) is 47.1. The Hall–Kier alpha value is -2.16. The molecule has 1 saturated heterocycles. The number of hydrogen-bond acceptors (Lipinski definition) is 8. The van der Waals surface area contributed by atoms with E-state index in [0.717, 1.165) is 0 Å². The van der Waals surface area contributed by atoms with Crippen LogP contribution in [-0.4, -0.2) is 53.6 Å². The van der Waals surface area contributed by atoms with Crippen LogP contribution in [0.1, 0.15) is 65.7 Å². The molecule has 1 rings (SSSR count). The summed E-state index contributed by atoms with van der Waals surface area (Å²) in [6.45, 7) is 5.36. The van der Waals surface area contributed by atoms with Crippen molar-refractivity contribution in [2.75, 3.05) is 0 Å². The van der Waals surface area contributed by atoms with E-state index < -0.39 is 48.5 Å². The Morgan fingerprint density at radius 3 is 1.81 bits per heavy atom. The van der Waals surface area contributed by atoms with Gasteiger partial charge in [0.2, 0.25) is 6.29 Å². The highest BCUT2D eigenvalue weighted by Gasteiger charge is 2.48. The van der Waals surface area contributed by atoms with Crippen LogP contribution in [0, 0.1) is 0 Å². The molecular weight excluding hydrogens is 360 g/mol. The van der Waals surface area contributed by atoms with Crippen LogP contribution in [0.2, 0.25) is 0 Å². The van der Waals surface area contributed by atoms with Crippen molar-refractivity contribution >= 4 is 23.9 Å². The third-order valence-corrected chi connectivity index (χ3v) is 3.81. The van der Waals surface area contributed by atoms with E-state index in [9.17, 15) is 24.3 Å². The minimum atomic E-state index is -1.61. The molecule has 0 bridgehead atoms. The molecule has 0 aromatic heterocycles. The molecule has 0 amide bonds. The van der Waals surface area contributed by atoms with Crippen LogP contribution in [0.5, 0.6) is 0 Å². The Labute approximate surface area is 158 Å². The van der Waals surface area contributed by atoms with Gasteiger partial charge in [0.05, 0.1) is 6.42 Å². The molecule has 1 aliphatic rings. The fourth-order valence-electron chi connectivity index (χ4n) is 2.60. The lowest BCUT2D eigenvalue weighted by Crippen LogP contribution is -2.55. The highest BCUT2D eigenvalue weighted by molar-refractivity contribution is 5.76. The molecule has 1 N–H and O–H groups in total. The third kappa shape index (κ3) is 7.54. The minimum absolute atomic E-state index is 0.0907. The summed E-state index contributed by atoms with van der Waals surface area (Å²) in [5.74, 6) is -3.12. The van der Waals surface area contributed by atoms with E-state index in [1.165, 1.54) is 0 Å². The number of rotatable bonds is 10. The van der Waals surface area contributed by atoms with Crippen molar-refractivity contribution < 1.29 is 43.2 Å². The number of carboxylic acid groups (broad SMARTS) is 1. The number of hydrogen-bond donors (Lipinski definition) is 1. The van der Waals surface area contributed by atoms with E-state index in [-0.39, 0.29) is 25.7 Å². The highest BCUT2D eigenvalue weighted by Crippen LogP contribution is 2.28. The Bertz CT molecular complexity index is 531. The predicted molar refractivity (Wildman–Crippen MR) is 91.5 cm³/mol. The van der Waals surface area contributed by atoms with E-state index in [4.69, 9.17) is 18.9 Å². The van der Waals surface area contributed by atoms with Crippen molar-refractivity contribution in [3.63, 3.8) is 0 Å². The van der Waals surface area contributed by atoms with Crippen LogP contribution in [0.3, 0.4) is 0 Å². The second-order valence-electron chi connectivity index (χ2n) is 6.28. The van der Waals surface area contributed by atoms with Crippen LogP contribution in [0.25, 0.3) is 0 Å². The molecule has 0 aliphatic carbocycles. The van der Waals surface area contributed by atoms with Gasteiger partial charge in [-0.1, -0.05) is 20.8 Å². The second kappa shape index (κ2) is 11.5. The molecule has 1 heterocycles. The smallest absolute Gasteiger partial charge is 0.337 e. The molecule has 9 heteroatoms. The lowest BCUT2D eigenvalue weighted by atomic mass is 10.0. The van der Waals surface area contributed by atoms with Crippen molar-refractivity contribution in [2.24, 2.45) is 0 Å². The second-order valence-corrected chi connectivity index (χ2v) is 6.28. The molecule has 0 aromatic rings. The Morgan fingerprint density at radius 2 is 1.33 bits per heavy atom. The summed E-state index contributed by atoms with van der Waals surface area (Å²) < 4.78 is 21.0. The normalized spacial score (nSPS) is 24.7. The molecule has 4 atom stereocenters. The lowest BCUT2D eigenvalue weighted by molar-refractivity contribution is -0.256. The van der Waals surface area contributed by atoms with Crippen LogP contribution in [0.15, 0.2) is 0 Å². The number of carbonyl (C=O) groups excluding carboxylic acids is 3. The fourth-order valence-corrected chi connectivity index (χ4v) is 2.60. The van der Waals surface area contributed by atoms with Crippen molar-refractivity contribution in [1.82, 2.24) is 0 Å². The maximum absolute atomic E-state index is 11.9. The largest absolute Gasteiger partial charge is 0.479 e. The van der Waals surface area contributed by atoms with Gasteiger partial charge >= 0.3 is 23.9 Å². The zero-order valence-electron chi connectivity index (χ0n) is 16.0. The first-order valence-corrected chi connectivity index (χ1v) is 9.28. The lowest BCUT2D eigenvalue weighted by Gasteiger charge is -2.38. The fraction of sp³-hybridized carbons (Fsp3) is 0.778. The van der Waals surface area contributed by atoms with Gasteiger partial charge in [-0.2, -0.15) is 0 Å². The highest BCUT2D eigenvalue weighted by atomic mass is 16.7. The first-order chi connectivity index (χ1) is 12.8. The summed E-state index contributed by atoms with van der Waals surface area (Å²) in [5.41, 5.74) is 0. The van der Waals surface area contributed by atoms with E-state index in [2.05, 4.69) is 0 Å². The Balaban J connectivity index is 2.99. The van der Waals surface area contributed by atoms with Crippen molar-refractivity contribution in [3.8, 4) is 0 Å². The van der Waals surface area contributed by atoms with Gasteiger partial charge < -0.3 is 24.1 Å². The molecule has 154 valence electrons. The summed E-state index contributed by atoms with van der Waals surface area (Å²) in [7, 11) is 0. The molecule has 0 radical (unpaired) electrons. The molecule has 0 spiro atoms. The molecule has 1 aliphatic heterocycles. The zero-order valence-corrected chi connectivity index (χ0v) is 16.0. The third-order valence-electron chi connectivity index (χ3n) is 3.81. The van der Waals surface area contributed by atoms with Gasteiger partial charge in [0.25, 0.3) is 0 Å². The van der Waals surface area contributed by atoms with E-state index in [1.54, 1.807) is 20.8 Å². The SMILES string of the molecule is CCCC(=O)O[C@H]1C[C@@H](OC(=O)CCC)[C@H](OC(=O)CCC)[C@@H](C(=O)O)O1. The topological polar surface area (TPSA) is 125 Å². The molecule has 0 aromatic carbocycles. The van der Waals surface area contributed by atoms with E-state index in [0.29, 0.717) is 19.3 Å². The first-order valence-electron chi connectivity index (χ1n) is 9.28. The number of ether oxygens (including phenoxy) is 4. The quantitative estimate of drug-likeness (QED) is 0.441. The number of aliphatic carboxylic acids is 1. The number of esters is 3. The van der Waals surface area contributed by atoms with Gasteiger partial charge in [-0.05, 0) is 19.3 Å². The summed E-state index contributed by atoms with van der Waals surface area (Å²) in [6.07, 6.45) is -3.35. The average Bonchev–Trinajstić information content (AvgIpc) is 2.57. The minimum Gasteiger partial charge on any atom is -0.479 e. The number of carboxylic acids is 1. The monoisotopic (exact) mass is 388 g/mol.